The third-order valence-corrected chi connectivity index (χ3v) is 7.04. The first-order valence-corrected chi connectivity index (χ1v) is 11.9. The minimum Gasteiger partial charge on any atom is -0.477 e. The van der Waals surface area contributed by atoms with Gasteiger partial charge in [-0.3, -0.25) is 13.9 Å². The van der Waals surface area contributed by atoms with Gasteiger partial charge in [0, 0.05) is 33.9 Å². The number of halogens is 1. The van der Waals surface area contributed by atoms with Gasteiger partial charge < -0.3 is 14.2 Å². The zero-order valence-electron chi connectivity index (χ0n) is 20.9. The summed E-state index contributed by atoms with van der Waals surface area (Å²) < 4.78 is 25.1. The Morgan fingerprint density at radius 1 is 0.865 bits per heavy atom. The monoisotopic (exact) mass is 496 g/mol. The number of ether oxygens (including phenoxy) is 1. The molecule has 1 aliphatic heterocycles. The van der Waals surface area contributed by atoms with E-state index in [0.29, 0.717) is 33.6 Å². The van der Waals surface area contributed by atoms with Gasteiger partial charge in [0.15, 0.2) is 6.10 Å². The second-order valence-corrected chi connectivity index (χ2v) is 9.46. The number of aryl methyl sites for hydroxylation is 1. The smallest absolute Gasteiger partial charge is 0.331 e. The molecule has 0 radical (unpaired) electrons. The first kappa shape index (κ1) is 22.8. The Kier molecular flexibility index (Phi) is 5.08. The number of hydrogen-bond acceptors (Lipinski definition) is 4. The van der Waals surface area contributed by atoms with Crippen molar-refractivity contribution in [3.8, 4) is 22.7 Å². The highest BCUT2D eigenvalue weighted by molar-refractivity contribution is 5.98. The third-order valence-electron chi connectivity index (χ3n) is 7.04. The lowest BCUT2D eigenvalue weighted by molar-refractivity contribution is 0.229. The van der Waals surface area contributed by atoms with E-state index in [9.17, 15) is 14.0 Å². The molecule has 1 unspecified atom stereocenters. The SMILES string of the molecule is CN(C)c1ccc(C2Oc3ccccc3-n3c(-c4ccc(F)cc4)c4c(=O)n(C)c(=O)n(C)c4c32)cc1. The summed E-state index contributed by atoms with van der Waals surface area (Å²) in [6.07, 6.45) is -0.597. The van der Waals surface area contributed by atoms with E-state index in [2.05, 4.69) is 0 Å². The number of nitrogens with zero attached hydrogens (tertiary/aromatic N) is 4. The number of fused-ring (bicyclic) bond motifs is 5. The van der Waals surface area contributed by atoms with E-state index in [1.807, 2.05) is 72.1 Å². The Bertz CT molecular complexity index is 1800. The Balaban J connectivity index is 1.79. The molecule has 0 fully saturated rings. The fourth-order valence-corrected chi connectivity index (χ4v) is 5.17. The van der Waals surface area contributed by atoms with Gasteiger partial charge in [0.05, 0.1) is 28.0 Å². The van der Waals surface area contributed by atoms with E-state index in [1.54, 1.807) is 19.2 Å². The van der Waals surface area contributed by atoms with Crippen molar-refractivity contribution in [3.05, 3.63) is 111 Å². The van der Waals surface area contributed by atoms with Crippen LogP contribution in [0.1, 0.15) is 17.4 Å². The van der Waals surface area contributed by atoms with Crippen LogP contribution >= 0.6 is 0 Å². The highest BCUT2D eigenvalue weighted by Gasteiger charge is 2.36. The molecular weight excluding hydrogens is 471 g/mol. The molecule has 0 spiro atoms. The number of benzene rings is 3. The Labute approximate surface area is 212 Å². The number of rotatable bonds is 3. The first-order chi connectivity index (χ1) is 17.8. The van der Waals surface area contributed by atoms with Crippen molar-refractivity contribution in [2.45, 2.75) is 6.10 Å². The highest BCUT2D eigenvalue weighted by Crippen LogP contribution is 2.46. The zero-order chi connectivity index (χ0) is 26.0. The van der Waals surface area contributed by atoms with Gasteiger partial charge in [0.25, 0.3) is 5.56 Å². The minimum absolute atomic E-state index is 0.374. The van der Waals surface area contributed by atoms with Crippen LogP contribution in [0.15, 0.2) is 82.4 Å². The van der Waals surface area contributed by atoms with Crippen LogP contribution in [-0.2, 0) is 14.1 Å². The molecule has 8 heteroatoms. The summed E-state index contributed by atoms with van der Waals surface area (Å²) in [6.45, 7) is 0. The maximum absolute atomic E-state index is 13.9. The van der Waals surface area contributed by atoms with Crippen molar-refractivity contribution in [1.29, 1.82) is 0 Å². The molecule has 3 aromatic carbocycles. The molecule has 5 aromatic rings. The van der Waals surface area contributed by atoms with Crippen LogP contribution in [0.2, 0.25) is 0 Å². The molecule has 0 bridgehead atoms. The van der Waals surface area contributed by atoms with Crippen LogP contribution < -0.4 is 20.9 Å². The van der Waals surface area contributed by atoms with Crippen molar-refractivity contribution in [3.63, 3.8) is 0 Å². The van der Waals surface area contributed by atoms with E-state index < -0.39 is 17.4 Å². The van der Waals surface area contributed by atoms with E-state index in [0.717, 1.165) is 21.5 Å². The minimum atomic E-state index is -0.597. The summed E-state index contributed by atoms with van der Waals surface area (Å²) in [5, 5.41) is 0.376. The number of hydrogen-bond donors (Lipinski definition) is 0. The fraction of sp³-hybridized carbons (Fsp3) is 0.172. The topological polar surface area (TPSA) is 61.4 Å². The average molecular weight is 497 g/mol. The molecular formula is C29H25FN4O3. The lowest BCUT2D eigenvalue weighted by Gasteiger charge is -2.30. The zero-order valence-corrected chi connectivity index (χ0v) is 20.9. The Hall–Kier alpha value is -4.59. The second kappa shape index (κ2) is 8.23. The molecule has 1 aliphatic rings. The van der Waals surface area contributed by atoms with E-state index in [4.69, 9.17) is 4.74 Å². The van der Waals surface area contributed by atoms with Crippen LogP contribution in [0.5, 0.6) is 5.75 Å². The van der Waals surface area contributed by atoms with Gasteiger partial charge in [0.1, 0.15) is 11.6 Å². The molecule has 1 atom stereocenters. The van der Waals surface area contributed by atoms with Gasteiger partial charge in [-0.2, -0.15) is 0 Å². The molecule has 37 heavy (non-hydrogen) atoms. The van der Waals surface area contributed by atoms with Gasteiger partial charge in [-0.25, -0.2) is 9.18 Å². The van der Waals surface area contributed by atoms with E-state index >= 15 is 0 Å². The van der Waals surface area contributed by atoms with Crippen molar-refractivity contribution < 1.29 is 9.13 Å². The molecule has 0 saturated carbocycles. The second-order valence-electron chi connectivity index (χ2n) is 9.46. The summed E-state index contributed by atoms with van der Waals surface area (Å²) in [6, 6.07) is 21.6. The molecule has 2 aromatic heterocycles. The summed E-state index contributed by atoms with van der Waals surface area (Å²) >= 11 is 0. The molecule has 0 amide bonds. The maximum Gasteiger partial charge on any atom is 0.331 e. The van der Waals surface area contributed by atoms with E-state index in [1.165, 1.54) is 23.7 Å². The average Bonchev–Trinajstić information content (AvgIpc) is 3.27. The molecule has 0 aliphatic carbocycles. The van der Waals surface area contributed by atoms with Crippen molar-refractivity contribution in [1.82, 2.24) is 13.7 Å². The summed E-state index contributed by atoms with van der Waals surface area (Å²) in [4.78, 5) is 28.8. The van der Waals surface area contributed by atoms with Gasteiger partial charge in [-0.15, -0.1) is 0 Å². The van der Waals surface area contributed by atoms with Crippen molar-refractivity contribution in [2.24, 2.45) is 14.1 Å². The lowest BCUT2D eigenvalue weighted by atomic mass is 10.0. The van der Waals surface area contributed by atoms with Crippen LogP contribution in [0.25, 0.3) is 27.8 Å². The van der Waals surface area contributed by atoms with Crippen LogP contribution in [-0.4, -0.2) is 27.8 Å². The van der Waals surface area contributed by atoms with Crippen LogP contribution in [0.3, 0.4) is 0 Å². The first-order valence-electron chi connectivity index (χ1n) is 11.9. The number of aromatic nitrogens is 3. The standard InChI is InChI=1S/C29H25FN4O3/c1-31(2)20-15-11-18(12-16-20)27-26-25-23(28(35)33(4)29(36)32(25)3)24(17-9-13-19(30)14-10-17)34(26)21-7-5-6-8-22(21)37-27/h5-16,27H,1-4H3. The van der Waals surface area contributed by atoms with Gasteiger partial charge in [0.2, 0.25) is 0 Å². The largest absolute Gasteiger partial charge is 0.477 e. The molecule has 186 valence electrons. The van der Waals surface area contributed by atoms with Crippen LogP contribution in [0.4, 0.5) is 10.1 Å². The van der Waals surface area contributed by atoms with Crippen molar-refractivity contribution >= 4 is 16.6 Å². The number of anilines is 1. The Morgan fingerprint density at radius 2 is 1.54 bits per heavy atom. The van der Waals surface area contributed by atoms with Gasteiger partial charge in [-0.05, 0) is 59.7 Å². The molecule has 0 saturated heterocycles. The molecule has 3 heterocycles. The predicted octanol–water partition coefficient (Wildman–Crippen LogP) is 4.38. The highest BCUT2D eigenvalue weighted by atomic mass is 19.1. The summed E-state index contributed by atoms with van der Waals surface area (Å²) in [7, 11) is 7.08. The summed E-state index contributed by atoms with van der Waals surface area (Å²) in [5.41, 5.74) is 4.21. The summed E-state index contributed by atoms with van der Waals surface area (Å²) in [5.74, 6) is 0.267. The van der Waals surface area contributed by atoms with Crippen molar-refractivity contribution in [2.75, 3.05) is 19.0 Å². The van der Waals surface area contributed by atoms with Crippen LogP contribution in [0, 0.1) is 5.82 Å². The van der Waals surface area contributed by atoms with Gasteiger partial charge in [-0.1, -0.05) is 24.3 Å². The molecule has 7 nitrogen and oxygen atoms in total. The fourth-order valence-electron chi connectivity index (χ4n) is 5.17. The molecule has 0 N–H and O–H groups in total. The lowest BCUT2D eigenvalue weighted by Crippen LogP contribution is -2.37. The number of para-hydroxylation sites is 2. The normalized spacial score (nSPS) is 14.2. The molecule has 6 rings (SSSR count). The maximum atomic E-state index is 13.9. The Morgan fingerprint density at radius 3 is 2.22 bits per heavy atom. The van der Waals surface area contributed by atoms with Gasteiger partial charge >= 0.3 is 5.69 Å². The predicted molar refractivity (Wildman–Crippen MR) is 142 cm³/mol. The quantitative estimate of drug-likeness (QED) is 0.372. The third kappa shape index (κ3) is 3.32. The van der Waals surface area contributed by atoms with E-state index in [-0.39, 0.29) is 5.82 Å².